The Hall–Kier alpha value is -4.09. The van der Waals surface area contributed by atoms with Gasteiger partial charge in [-0.3, -0.25) is 19.3 Å². The number of furan rings is 1. The molecular formula is C25H19N3O4S. The maximum absolute atomic E-state index is 12.8. The summed E-state index contributed by atoms with van der Waals surface area (Å²) in [7, 11) is 0. The highest BCUT2D eigenvalue weighted by molar-refractivity contribution is 8.18. The number of imide groups is 1. The summed E-state index contributed by atoms with van der Waals surface area (Å²) in [6.45, 7) is 3.38. The molecule has 1 aliphatic heterocycles. The molecule has 0 spiro atoms. The minimum Gasteiger partial charge on any atom is -0.457 e. The van der Waals surface area contributed by atoms with Crippen molar-refractivity contribution in [2.24, 2.45) is 0 Å². The van der Waals surface area contributed by atoms with Gasteiger partial charge >= 0.3 is 0 Å². The van der Waals surface area contributed by atoms with Crippen molar-refractivity contribution in [2.75, 3.05) is 11.9 Å². The summed E-state index contributed by atoms with van der Waals surface area (Å²) in [4.78, 5) is 38.7. The van der Waals surface area contributed by atoms with Crippen LogP contribution >= 0.6 is 11.8 Å². The van der Waals surface area contributed by atoms with Crippen LogP contribution in [-0.4, -0.2) is 28.5 Å². The third-order valence-electron chi connectivity index (χ3n) is 5.12. The number of benzene rings is 2. The zero-order chi connectivity index (χ0) is 23.5. The van der Waals surface area contributed by atoms with E-state index < -0.39 is 17.1 Å². The summed E-state index contributed by atoms with van der Waals surface area (Å²) in [6, 6.07) is 18.0. The number of nitrogens with one attached hydrogen (secondary N) is 1. The van der Waals surface area contributed by atoms with Crippen LogP contribution in [0.15, 0.2) is 63.9 Å². The Morgan fingerprint density at radius 2 is 1.79 bits per heavy atom. The average molecular weight is 458 g/mol. The number of amides is 3. The predicted octanol–water partition coefficient (Wildman–Crippen LogP) is 5.11. The SMILES string of the molecule is Cc1cccc(C)c1NC(=O)CN1C(=O)S/C(=C\c2ccc(-c3ccc(C#N)cc3)o2)C1=O. The molecule has 3 amide bonds. The van der Waals surface area contributed by atoms with Crippen LogP contribution < -0.4 is 5.32 Å². The molecule has 4 rings (SSSR count). The van der Waals surface area contributed by atoms with Crippen LogP contribution in [0.5, 0.6) is 0 Å². The van der Waals surface area contributed by atoms with Gasteiger partial charge in [-0.05, 0) is 73.1 Å². The normalized spacial score (nSPS) is 14.6. The van der Waals surface area contributed by atoms with Crippen LogP contribution in [0.4, 0.5) is 10.5 Å². The maximum Gasteiger partial charge on any atom is 0.294 e. The first-order valence-electron chi connectivity index (χ1n) is 10.1. The number of rotatable bonds is 5. The first kappa shape index (κ1) is 22.1. The summed E-state index contributed by atoms with van der Waals surface area (Å²) < 4.78 is 5.78. The number of carbonyl (C=O) groups excluding carboxylic acids is 3. The Bertz CT molecular complexity index is 1310. The molecule has 7 nitrogen and oxygen atoms in total. The van der Waals surface area contributed by atoms with Gasteiger partial charge in [-0.25, -0.2) is 0 Å². The number of thioether (sulfide) groups is 1. The second-order valence-electron chi connectivity index (χ2n) is 7.47. The Labute approximate surface area is 194 Å². The van der Waals surface area contributed by atoms with Gasteiger partial charge in [-0.15, -0.1) is 0 Å². The molecular weight excluding hydrogens is 438 g/mol. The fourth-order valence-corrected chi connectivity index (χ4v) is 4.21. The summed E-state index contributed by atoms with van der Waals surface area (Å²) in [5, 5.41) is 11.2. The van der Waals surface area contributed by atoms with Gasteiger partial charge in [0.25, 0.3) is 11.1 Å². The van der Waals surface area contributed by atoms with Crippen LogP contribution in [0.3, 0.4) is 0 Å². The summed E-state index contributed by atoms with van der Waals surface area (Å²) in [6.07, 6.45) is 1.49. The van der Waals surface area contributed by atoms with Gasteiger partial charge in [-0.1, -0.05) is 18.2 Å². The second-order valence-corrected chi connectivity index (χ2v) is 8.47. The lowest BCUT2D eigenvalue weighted by Crippen LogP contribution is -2.36. The van der Waals surface area contributed by atoms with E-state index in [1.807, 2.05) is 32.0 Å². The van der Waals surface area contributed by atoms with Crippen LogP contribution in [0.1, 0.15) is 22.5 Å². The van der Waals surface area contributed by atoms with Crippen LogP contribution in [0, 0.1) is 25.2 Å². The number of nitrogens with zero attached hydrogens (tertiary/aromatic N) is 2. The number of aryl methyl sites for hydroxylation is 2. The lowest BCUT2D eigenvalue weighted by molar-refractivity contribution is -0.127. The second kappa shape index (κ2) is 9.18. The molecule has 164 valence electrons. The Balaban J connectivity index is 1.46. The van der Waals surface area contributed by atoms with E-state index in [1.165, 1.54) is 6.08 Å². The largest absolute Gasteiger partial charge is 0.457 e. The third kappa shape index (κ3) is 4.73. The molecule has 0 unspecified atom stereocenters. The predicted molar refractivity (Wildman–Crippen MR) is 126 cm³/mol. The minimum absolute atomic E-state index is 0.181. The molecule has 0 saturated carbocycles. The summed E-state index contributed by atoms with van der Waals surface area (Å²) in [5.41, 5.74) is 3.79. The van der Waals surface area contributed by atoms with Crippen molar-refractivity contribution in [3.05, 3.63) is 82.0 Å². The van der Waals surface area contributed by atoms with Gasteiger partial charge in [0.15, 0.2) is 0 Å². The lowest BCUT2D eigenvalue weighted by atomic mass is 10.1. The van der Waals surface area contributed by atoms with Crippen molar-refractivity contribution in [3.63, 3.8) is 0 Å². The van der Waals surface area contributed by atoms with Crippen molar-refractivity contribution in [1.29, 1.82) is 5.26 Å². The molecule has 1 fully saturated rings. The van der Waals surface area contributed by atoms with Crippen LogP contribution in [-0.2, 0) is 9.59 Å². The fourth-order valence-electron chi connectivity index (χ4n) is 3.39. The first-order valence-corrected chi connectivity index (χ1v) is 10.9. The first-order chi connectivity index (χ1) is 15.9. The van der Waals surface area contributed by atoms with E-state index in [-0.39, 0.29) is 11.4 Å². The minimum atomic E-state index is -0.544. The van der Waals surface area contributed by atoms with Crippen molar-refractivity contribution >= 4 is 40.6 Å². The zero-order valence-electron chi connectivity index (χ0n) is 17.9. The number of carbonyl (C=O) groups is 3. The van der Waals surface area contributed by atoms with Gasteiger partial charge in [0.05, 0.1) is 16.5 Å². The lowest BCUT2D eigenvalue weighted by Gasteiger charge is -2.15. The molecule has 0 aliphatic carbocycles. The van der Waals surface area contributed by atoms with E-state index in [2.05, 4.69) is 11.4 Å². The van der Waals surface area contributed by atoms with Crippen LogP contribution in [0.25, 0.3) is 17.4 Å². The average Bonchev–Trinajstić information content (AvgIpc) is 3.37. The number of nitriles is 1. The van der Waals surface area contributed by atoms with Gasteiger partial charge < -0.3 is 9.73 Å². The molecule has 3 aromatic rings. The molecule has 0 radical (unpaired) electrons. The van der Waals surface area contributed by atoms with E-state index in [9.17, 15) is 14.4 Å². The molecule has 2 heterocycles. The van der Waals surface area contributed by atoms with Crippen molar-refractivity contribution in [3.8, 4) is 17.4 Å². The molecule has 8 heteroatoms. The fraction of sp³-hybridized carbons (Fsp3) is 0.120. The monoisotopic (exact) mass is 457 g/mol. The van der Waals surface area contributed by atoms with E-state index in [0.29, 0.717) is 22.8 Å². The number of para-hydroxylation sites is 1. The third-order valence-corrected chi connectivity index (χ3v) is 6.03. The molecule has 1 aliphatic rings. The summed E-state index contributed by atoms with van der Waals surface area (Å²) >= 11 is 0.764. The van der Waals surface area contributed by atoms with Gasteiger partial charge in [-0.2, -0.15) is 5.26 Å². The number of hydrogen-bond acceptors (Lipinski definition) is 6. The quantitative estimate of drug-likeness (QED) is 0.534. The van der Waals surface area contributed by atoms with Gasteiger partial charge in [0.1, 0.15) is 18.1 Å². The Kier molecular flexibility index (Phi) is 6.16. The van der Waals surface area contributed by atoms with E-state index in [4.69, 9.17) is 9.68 Å². The van der Waals surface area contributed by atoms with Crippen molar-refractivity contribution < 1.29 is 18.8 Å². The molecule has 1 N–H and O–H groups in total. The number of anilines is 1. The molecule has 0 bridgehead atoms. The Morgan fingerprint density at radius 3 is 2.45 bits per heavy atom. The maximum atomic E-state index is 12.8. The Morgan fingerprint density at radius 1 is 1.09 bits per heavy atom. The molecule has 1 saturated heterocycles. The van der Waals surface area contributed by atoms with Crippen molar-refractivity contribution in [1.82, 2.24) is 4.90 Å². The van der Waals surface area contributed by atoms with E-state index >= 15 is 0 Å². The standard InChI is InChI=1S/C25H19N3O4S/c1-15-4-3-5-16(2)23(15)27-22(29)14-28-24(30)21(33-25(28)31)12-19-10-11-20(32-19)18-8-6-17(13-26)7-9-18/h3-12H,14H2,1-2H3,(H,27,29)/b21-12-. The molecule has 1 aromatic heterocycles. The zero-order valence-corrected chi connectivity index (χ0v) is 18.7. The van der Waals surface area contributed by atoms with Crippen LogP contribution in [0.2, 0.25) is 0 Å². The molecule has 0 atom stereocenters. The van der Waals surface area contributed by atoms with Gasteiger partial charge in [0.2, 0.25) is 5.91 Å². The highest BCUT2D eigenvalue weighted by Crippen LogP contribution is 2.33. The molecule has 2 aromatic carbocycles. The van der Waals surface area contributed by atoms with Gasteiger partial charge in [0, 0.05) is 17.3 Å². The highest BCUT2D eigenvalue weighted by Gasteiger charge is 2.36. The van der Waals surface area contributed by atoms with Crippen molar-refractivity contribution in [2.45, 2.75) is 13.8 Å². The molecule has 33 heavy (non-hydrogen) atoms. The highest BCUT2D eigenvalue weighted by atomic mass is 32.2. The van der Waals surface area contributed by atoms with E-state index in [0.717, 1.165) is 33.4 Å². The summed E-state index contributed by atoms with van der Waals surface area (Å²) in [5.74, 6) is -0.0205. The smallest absolute Gasteiger partial charge is 0.294 e. The number of hydrogen-bond donors (Lipinski definition) is 1. The topological polar surface area (TPSA) is 103 Å². The van der Waals surface area contributed by atoms with E-state index in [1.54, 1.807) is 36.4 Å².